The highest BCUT2D eigenvalue weighted by Gasteiger charge is 2.27. The normalized spacial score (nSPS) is 11.1. The number of hydrogen-bond donors (Lipinski definition) is 1. The van der Waals surface area contributed by atoms with Gasteiger partial charge in [0, 0.05) is 0 Å². The largest absolute Gasteiger partial charge is 0.444 e. The summed E-state index contributed by atoms with van der Waals surface area (Å²) in [6, 6.07) is 0.382. The molecule has 1 N–H and O–H groups in total. The standard InChI is InChI=1S/C11H11BrF2N2O4/c1-11(2,3)20-10(17)15-9-6(16(18)19)4-5(13)8(14)7(9)12/h4H,1-3H3,(H,15,17). The number of nitro groups is 1. The molecule has 1 amide bonds. The third-order valence-corrected chi connectivity index (χ3v) is 2.71. The summed E-state index contributed by atoms with van der Waals surface area (Å²) >= 11 is 2.67. The first-order chi connectivity index (χ1) is 9.03. The number of carbonyl (C=O) groups excluding carboxylic acids is 1. The Balaban J connectivity index is 3.20. The molecule has 1 rings (SSSR count). The van der Waals surface area contributed by atoms with Crippen molar-refractivity contribution in [3.63, 3.8) is 0 Å². The van der Waals surface area contributed by atoms with Crippen molar-refractivity contribution >= 4 is 33.4 Å². The fourth-order valence-corrected chi connectivity index (χ4v) is 1.74. The number of anilines is 1. The minimum atomic E-state index is -1.40. The molecule has 0 spiro atoms. The van der Waals surface area contributed by atoms with Gasteiger partial charge in [-0.1, -0.05) is 0 Å². The molecule has 0 saturated carbocycles. The van der Waals surface area contributed by atoms with Crippen molar-refractivity contribution in [2.75, 3.05) is 5.32 Å². The summed E-state index contributed by atoms with van der Waals surface area (Å²) in [5, 5.41) is 12.8. The van der Waals surface area contributed by atoms with Crippen LogP contribution in [-0.4, -0.2) is 16.6 Å². The number of hydrogen-bond acceptors (Lipinski definition) is 4. The molecule has 0 aliphatic heterocycles. The Morgan fingerprint density at radius 2 is 2.00 bits per heavy atom. The number of rotatable bonds is 2. The molecule has 110 valence electrons. The number of halogens is 3. The molecular formula is C11H11BrF2N2O4. The lowest BCUT2D eigenvalue weighted by Gasteiger charge is -2.20. The minimum Gasteiger partial charge on any atom is -0.444 e. The van der Waals surface area contributed by atoms with Crippen molar-refractivity contribution in [1.82, 2.24) is 0 Å². The van der Waals surface area contributed by atoms with E-state index in [0.717, 1.165) is 0 Å². The molecule has 0 radical (unpaired) electrons. The number of nitro benzene ring substituents is 1. The lowest BCUT2D eigenvalue weighted by atomic mass is 10.2. The third kappa shape index (κ3) is 3.86. The van der Waals surface area contributed by atoms with E-state index in [2.05, 4.69) is 15.9 Å². The Bertz CT molecular complexity index is 573. The number of carbonyl (C=O) groups is 1. The van der Waals surface area contributed by atoms with Gasteiger partial charge in [0.15, 0.2) is 11.6 Å². The fraction of sp³-hybridized carbons (Fsp3) is 0.364. The maximum absolute atomic E-state index is 13.4. The molecule has 6 nitrogen and oxygen atoms in total. The molecule has 9 heteroatoms. The van der Waals surface area contributed by atoms with E-state index in [-0.39, 0.29) is 0 Å². The van der Waals surface area contributed by atoms with Gasteiger partial charge in [0.2, 0.25) is 0 Å². The highest BCUT2D eigenvalue weighted by atomic mass is 79.9. The maximum atomic E-state index is 13.4. The van der Waals surface area contributed by atoms with Crippen molar-refractivity contribution < 1.29 is 23.2 Å². The van der Waals surface area contributed by atoms with E-state index < -0.39 is 44.1 Å². The Morgan fingerprint density at radius 1 is 1.45 bits per heavy atom. The summed E-state index contributed by atoms with van der Waals surface area (Å²) in [5.41, 5.74) is -2.14. The summed E-state index contributed by atoms with van der Waals surface area (Å²) in [5.74, 6) is -2.75. The number of nitrogens with zero attached hydrogens (tertiary/aromatic N) is 1. The molecule has 0 aliphatic carbocycles. The first-order valence-corrected chi connectivity index (χ1v) is 6.14. The summed E-state index contributed by atoms with van der Waals surface area (Å²) in [6.07, 6.45) is -1.02. The molecule has 0 bridgehead atoms. The van der Waals surface area contributed by atoms with Gasteiger partial charge in [-0.2, -0.15) is 0 Å². The average Bonchev–Trinajstić information content (AvgIpc) is 2.27. The van der Waals surface area contributed by atoms with E-state index >= 15 is 0 Å². The molecule has 0 aromatic heterocycles. The van der Waals surface area contributed by atoms with Crippen LogP contribution in [0.5, 0.6) is 0 Å². The Kier molecular flexibility index (Phi) is 4.64. The first kappa shape index (κ1) is 16.3. The number of nitrogens with one attached hydrogen (secondary N) is 1. The predicted octanol–water partition coefficient (Wildman–Crippen LogP) is 3.98. The molecule has 1 aromatic rings. The van der Waals surface area contributed by atoms with Crippen LogP contribution in [0.1, 0.15) is 20.8 Å². The lowest BCUT2D eigenvalue weighted by Crippen LogP contribution is -2.27. The van der Waals surface area contributed by atoms with Crippen LogP contribution in [0.15, 0.2) is 10.5 Å². The highest BCUT2D eigenvalue weighted by molar-refractivity contribution is 9.10. The summed E-state index contributed by atoms with van der Waals surface area (Å²) < 4.78 is 30.9. The number of ether oxygens (including phenoxy) is 1. The van der Waals surface area contributed by atoms with E-state index in [1.165, 1.54) is 0 Å². The van der Waals surface area contributed by atoms with Gasteiger partial charge in [0.1, 0.15) is 11.3 Å². The van der Waals surface area contributed by atoms with E-state index in [4.69, 9.17) is 4.74 Å². The monoisotopic (exact) mass is 352 g/mol. The molecule has 0 atom stereocenters. The van der Waals surface area contributed by atoms with Gasteiger partial charge in [0.25, 0.3) is 5.69 Å². The number of benzene rings is 1. The Morgan fingerprint density at radius 3 is 2.45 bits per heavy atom. The summed E-state index contributed by atoms with van der Waals surface area (Å²) in [4.78, 5) is 21.4. The van der Waals surface area contributed by atoms with Gasteiger partial charge in [0.05, 0.1) is 15.5 Å². The van der Waals surface area contributed by atoms with Crippen molar-refractivity contribution in [3.8, 4) is 0 Å². The van der Waals surface area contributed by atoms with Crippen LogP contribution in [0.2, 0.25) is 0 Å². The van der Waals surface area contributed by atoms with Crippen LogP contribution in [0, 0.1) is 21.7 Å². The van der Waals surface area contributed by atoms with Crippen molar-refractivity contribution in [2.24, 2.45) is 0 Å². The van der Waals surface area contributed by atoms with E-state index in [1.54, 1.807) is 20.8 Å². The molecule has 0 unspecified atom stereocenters. The molecule has 0 aliphatic rings. The fourth-order valence-electron chi connectivity index (χ4n) is 1.25. The zero-order valence-electron chi connectivity index (χ0n) is 10.8. The SMILES string of the molecule is CC(C)(C)OC(=O)Nc1c([N+](=O)[O-])cc(F)c(F)c1Br. The van der Waals surface area contributed by atoms with Crippen LogP contribution in [0.25, 0.3) is 0 Å². The lowest BCUT2D eigenvalue weighted by molar-refractivity contribution is -0.384. The molecule has 0 fully saturated rings. The topological polar surface area (TPSA) is 81.5 Å². The molecule has 1 aromatic carbocycles. The first-order valence-electron chi connectivity index (χ1n) is 5.35. The summed E-state index contributed by atoms with van der Waals surface area (Å²) in [6.45, 7) is 4.75. The van der Waals surface area contributed by atoms with Crippen molar-refractivity contribution in [1.29, 1.82) is 0 Å². The third-order valence-electron chi connectivity index (χ3n) is 1.96. The quantitative estimate of drug-likeness (QED) is 0.495. The highest BCUT2D eigenvalue weighted by Crippen LogP contribution is 2.36. The van der Waals surface area contributed by atoms with Gasteiger partial charge < -0.3 is 4.74 Å². The molecular weight excluding hydrogens is 342 g/mol. The van der Waals surface area contributed by atoms with Crippen molar-refractivity contribution in [2.45, 2.75) is 26.4 Å². The molecule has 0 heterocycles. The van der Waals surface area contributed by atoms with E-state index in [9.17, 15) is 23.7 Å². The van der Waals surface area contributed by atoms with Crippen LogP contribution < -0.4 is 5.32 Å². The Hall–Kier alpha value is -1.77. The Labute approximate surface area is 121 Å². The van der Waals surface area contributed by atoms with Gasteiger partial charge >= 0.3 is 6.09 Å². The van der Waals surface area contributed by atoms with E-state index in [1.807, 2.05) is 5.32 Å². The minimum absolute atomic E-state index is 0.382. The van der Waals surface area contributed by atoms with Crippen LogP contribution >= 0.6 is 15.9 Å². The van der Waals surface area contributed by atoms with Gasteiger partial charge in [-0.15, -0.1) is 0 Å². The van der Waals surface area contributed by atoms with Crippen LogP contribution in [0.4, 0.5) is 25.0 Å². The smallest absolute Gasteiger partial charge is 0.412 e. The van der Waals surface area contributed by atoms with Gasteiger partial charge in [-0.3, -0.25) is 15.4 Å². The summed E-state index contributed by atoms with van der Waals surface area (Å²) in [7, 11) is 0. The predicted molar refractivity (Wildman–Crippen MR) is 70.6 cm³/mol. The zero-order chi connectivity index (χ0) is 15.7. The second kappa shape index (κ2) is 5.70. The molecule has 20 heavy (non-hydrogen) atoms. The molecule has 0 saturated heterocycles. The number of amides is 1. The maximum Gasteiger partial charge on any atom is 0.412 e. The van der Waals surface area contributed by atoms with Gasteiger partial charge in [-0.25, -0.2) is 13.6 Å². The zero-order valence-corrected chi connectivity index (χ0v) is 12.4. The van der Waals surface area contributed by atoms with Crippen LogP contribution in [-0.2, 0) is 4.74 Å². The van der Waals surface area contributed by atoms with Gasteiger partial charge in [-0.05, 0) is 36.7 Å². The second-order valence-corrected chi connectivity index (χ2v) is 5.56. The van der Waals surface area contributed by atoms with Crippen molar-refractivity contribution in [3.05, 3.63) is 32.3 Å². The van der Waals surface area contributed by atoms with Crippen LogP contribution in [0.3, 0.4) is 0 Å². The average molecular weight is 353 g/mol. The second-order valence-electron chi connectivity index (χ2n) is 4.76. The van der Waals surface area contributed by atoms with E-state index in [0.29, 0.717) is 6.07 Å².